The van der Waals surface area contributed by atoms with Gasteiger partial charge in [-0.1, -0.05) is 42.5 Å². The van der Waals surface area contributed by atoms with Crippen LogP contribution in [0.5, 0.6) is 0 Å². The van der Waals surface area contributed by atoms with Crippen LogP contribution >= 0.6 is 12.4 Å². The minimum Gasteiger partial charge on any atom is -0.335 e. The number of fused-ring (bicyclic) bond motifs is 1. The second-order valence-corrected chi connectivity index (χ2v) is 6.16. The molecule has 1 amide bonds. The van der Waals surface area contributed by atoms with Crippen molar-refractivity contribution in [3.8, 4) is 0 Å². The molecular formula is C20H23ClN4O2. The Balaban J connectivity index is 0.00000261. The van der Waals surface area contributed by atoms with Crippen LogP contribution in [0.3, 0.4) is 0 Å². The van der Waals surface area contributed by atoms with Crippen molar-refractivity contribution in [2.24, 2.45) is 5.73 Å². The lowest BCUT2D eigenvalue weighted by atomic mass is 10.0. The first-order valence-corrected chi connectivity index (χ1v) is 8.64. The number of carbonyl (C=O) groups excluding carboxylic acids is 1. The van der Waals surface area contributed by atoms with Gasteiger partial charge in [-0.2, -0.15) is 0 Å². The third kappa shape index (κ3) is 4.93. The normalized spacial score (nSPS) is 11.6. The quantitative estimate of drug-likeness (QED) is 0.681. The number of halogens is 1. The van der Waals surface area contributed by atoms with Crippen LogP contribution < -0.4 is 11.3 Å². The van der Waals surface area contributed by atoms with Gasteiger partial charge in [-0.15, -0.1) is 12.4 Å². The topological polar surface area (TPSA) is 92.1 Å². The Morgan fingerprint density at radius 1 is 1.15 bits per heavy atom. The van der Waals surface area contributed by atoms with Crippen molar-refractivity contribution in [2.45, 2.75) is 25.9 Å². The van der Waals surface area contributed by atoms with E-state index in [1.807, 2.05) is 43.3 Å². The highest BCUT2D eigenvalue weighted by Crippen LogP contribution is 2.15. The highest BCUT2D eigenvalue weighted by atomic mass is 35.5. The van der Waals surface area contributed by atoms with Gasteiger partial charge in [-0.25, -0.2) is 4.98 Å². The molecule has 3 aromatic rings. The van der Waals surface area contributed by atoms with E-state index in [0.29, 0.717) is 23.3 Å². The van der Waals surface area contributed by atoms with Crippen LogP contribution in [-0.4, -0.2) is 27.3 Å². The summed E-state index contributed by atoms with van der Waals surface area (Å²) in [5.41, 5.74) is 7.51. The van der Waals surface area contributed by atoms with Crippen LogP contribution in [0.15, 0.2) is 59.4 Å². The number of carbonyl (C=O) groups is 1. The molecule has 3 N–H and O–H groups in total. The summed E-state index contributed by atoms with van der Waals surface area (Å²) in [5.74, 6) is 0.400. The first-order chi connectivity index (χ1) is 12.6. The molecule has 3 rings (SSSR count). The summed E-state index contributed by atoms with van der Waals surface area (Å²) in [6.07, 6.45) is 0.204. The zero-order chi connectivity index (χ0) is 18.5. The van der Waals surface area contributed by atoms with Gasteiger partial charge >= 0.3 is 0 Å². The van der Waals surface area contributed by atoms with Gasteiger partial charge in [-0.05, 0) is 24.6 Å². The number of benzene rings is 2. The van der Waals surface area contributed by atoms with Crippen LogP contribution in [0, 0.1) is 0 Å². The number of para-hydroxylation sites is 1. The third-order valence-corrected chi connectivity index (χ3v) is 4.36. The number of aromatic nitrogens is 2. The first kappa shape index (κ1) is 20.6. The van der Waals surface area contributed by atoms with Gasteiger partial charge in [-0.3, -0.25) is 9.59 Å². The second kappa shape index (κ2) is 9.30. The maximum atomic E-state index is 12.6. The lowest BCUT2D eigenvalue weighted by molar-refractivity contribution is -0.132. The monoisotopic (exact) mass is 386 g/mol. The maximum Gasteiger partial charge on any atom is 0.258 e. The maximum absolute atomic E-state index is 12.6. The molecule has 1 aromatic heterocycles. The Kier molecular flexibility index (Phi) is 7.10. The molecule has 1 heterocycles. The summed E-state index contributed by atoms with van der Waals surface area (Å²) in [7, 11) is 0. The number of nitrogens with zero attached hydrogens (tertiary/aromatic N) is 2. The molecule has 0 aliphatic carbocycles. The van der Waals surface area contributed by atoms with Gasteiger partial charge in [0.05, 0.1) is 17.4 Å². The highest BCUT2D eigenvalue weighted by molar-refractivity contribution is 5.85. The lowest BCUT2D eigenvalue weighted by Gasteiger charge is -2.22. The molecule has 6 nitrogen and oxygen atoms in total. The predicted molar refractivity (Wildman–Crippen MR) is 109 cm³/mol. The molecule has 0 bridgehead atoms. The minimum absolute atomic E-state index is 0. The van der Waals surface area contributed by atoms with E-state index < -0.39 is 0 Å². The molecule has 0 spiro atoms. The summed E-state index contributed by atoms with van der Waals surface area (Å²) in [4.78, 5) is 33.7. The number of amides is 1. The number of aromatic amines is 1. The predicted octanol–water partition coefficient (Wildman–Crippen LogP) is 2.78. The number of nitrogens with two attached hydrogens (primary N) is 1. The van der Waals surface area contributed by atoms with Crippen molar-refractivity contribution >= 4 is 29.2 Å². The lowest BCUT2D eigenvalue weighted by Crippen LogP contribution is -2.34. The molecule has 0 saturated carbocycles. The molecule has 1 atom stereocenters. The first-order valence-electron chi connectivity index (χ1n) is 8.64. The third-order valence-electron chi connectivity index (χ3n) is 4.36. The fourth-order valence-corrected chi connectivity index (χ4v) is 2.90. The molecule has 2 aromatic carbocycles. The van der Waals surface area contributed by atoms with Crippen molar-refractivity contribution in [2.75, 3.05) is 6.54 Å². The van der Waals surface area contributed by atoms with Gasteiger partial charge in [0.15, 0.2) is 0 Å². The Labute approximate surface area is 163 Å². The van der Waals surface area contributed by atoms with Crippen LogP contribution in [0.25, 0.3) is 10.9 Å². The van der Waals surface area contributed by atoms with Gasteiger partial charge < -0.3 is 15.6 Å². The molecule has 27 heavy (non-hydrogen) atoms. The summed E-state index contributed by atoms with van der Waals surface area (Å²) < 4.78 is 0. The van der Waals surface area contributed by atoms with Crippen LogP contribution in [-0.2, 0) is 11.3 Å². The smallest absolute Gasteiger partial charge is 0.258 e. The molecule has 0 radical (unpaired) electrons. The van der Waals surface area contributed by atoms with Crippen molar-refractivity contribution in [3.63, 3.8) is 0 Å². The van der Waals surface area contributed by atoms with Crippen molar-refractivity contribution in [1.29, 1.82) is 0 Å². The fourth-order valence-electron chi connectivity index (χ4n) is 2.90. The number of hydrogen-bond acceptors (Lipinski definition) is 4. The molecule has 142 valence electrons. The van der Waals surface area contributed by atoms with Gasteiger partial charge in [0.2, 0.25) is 5.91 Å². The largest absolute Gasteiger partial charge is 0.335 e. The van der Waals surface area contributed by atoms with E-state index in [2.05, 4.69) is 9.97 Å². The standard InChI is InChI=1S/C20H22N4O2.ClH/c1-2-24(19(25)12-16(21)14-8-4-3-5-9-14)13-18-22-17-11-7-6-10-15(17)20(26)23-18;/h3-11,16H,2,12-13,21H2,1H3,(H,22,23,26);1H. The van der Waals surface area contributed by atoms with Crippen LogP contribution in [0.4, 0.5) is 0 Å². The van der Waals surface area contributed by atoms with Crippen molar-refractivity contribution in [1.82, 2.24) is 14.9 Å². The zero-order valence-corrected chi connectivity index (χ0v) is 15.9. The van der Waals surface area contributed by atoms with Crippen LogP contribution in [0.1, 0.15) is 30.8 Å². The second-order valence-electron chi connectivity index (χ2n) is 6.16. The van der Waals surface area contributed by atoms with Gasteiger partial charge in [0.25, 0.3) is 5.56 Å². The van der Waals surface area contributed by atoms with Crippen molar-refractivity contribution < 1.29 is 4.79 Å². The van der Waals surface area contributed by atoms with E-state index in [9.17, 15) is 9.59 Å². The minimum atomic E-state index is -0.360. The highest BCUT2D eigenvalue weighted by Gasteiger charge is 2.18. The Hall–Kier alpha value is -2.70. The summed E-state index contributed by atoms with van der Waals surface area (Å²) in [6, 6.07) is 16.3. The van der Waals surface area contributed by atoms with E-state index in [4.69, 9.17) is 5.73 Å². The van der Waals surface area contributed by atoms with E-state index in [0.717, 1.165) is 5.56 Å². The molecule has 1 unspecified atom stereocenters. The number of nitrogens with one attached hydrogen (secondary N) is 1. The molecule has 0 saturated heterocycles. The molecule has 0 fully saturated rings. The summed E-state index contributed by atoms with van der Waals surface area (Å²) >= 11 is 0. The van der Waals surface area contributed by atoms with E-state index in [-0.39, 0.29) is 42.9 Å². The van der Waals surface area contributed by atoms with Crippen molar-refractivity contribution in [3.05, 3.63) is 76.3 Å². The average Bonchev–Trinajstić information content (AvgIpc) is 2.66. The molecular weight excluding hydrogens is 364 g/mol. The molecule has 0 aliphatic heterocycles. The fraction of sp³-hybridized carbons (Fsp3) is 0.250. The van der Waals surface area contributed by atoms with E-state index in [1.54, 1.807) is 23.1 Å². The summed E-state index contributed by atoms with van der Waals surface area (Å²) in [6.45, 7) is 2.65. The van der Waals surface area contributed by atoms with E-state index in [1.165, 1.54) is 0 Å². The van der Waals surface area contributed by atoms with Gasteiger partial charge in [0.1, 0.15) is 5.82 Å². The van der Waals surface area contributed by atoms with E-state index >= 15 is 0 Å². The number of hydrogen-bond donors (Lipinski definition) is 2. The molecule has 0 aliphatic rings. The molecule has 7 heteroatoms. The van der Waals surface area contributed by atoms with Crippen LogP contribution in [0.2, 0.25) is 0 Å². The SMILES string of the molecule is CCN(Cc1nc2ccccc2c(=O)[nH]1)C(=O)CC(N)c1ccccc1.Cl. The summed E-state index contributed by atoms with van der Waals surface area (Å²) in [5, 5.41) is 0.539. The Bertz CT molecular complexity index is 959. The van der Waals surface area contributed by atoms with Gasteiger partial charge in [0, 0.05) is 19.0 Å². The number of H-pyrrole nitrogens is 1. The zero-order valence-electron chi connectivity index (χ0n) is 15.1. The Morgan fingerprint density at radius 2 is 1.81 bits per heavy atom. The average molecular weight is 387 g/mol. The Morgan fingerprint density at radius 3 is 2.52 bits per heavy atom. The number of rotatable bonds is 6.